The van der Waals surface area contributed by atoms with Crippen LogP contribution in [0.4, 0.5) is 0 Å². The van der Waals surface area contributed by atoms with Crippen molar-refractivity contribution < 1.29 is 8.42 Å². The Morgan fingerprint density at radius 3 is 2.63 bits per heavy atom. The molecule has 0 bridgehead atoms. The van der Waals surface area contributed by atoms with E-state index >= 15 is 0 Å². The molecule has 0 fully saturated rings. The third-order valence-electron chi connectivity index (χ3n) is 3.11. The van der Waals surface area contributed by atoms with Crippen molar-refractivity contribution in [3.05, 3.63) is 59.4 Å². The summed E-state index contributed by atoms with van der Waals surface area (Å²) in [6, 6.07) is 8.99. The molecule has 0 aliphatic carbocycles. The lowest BCUT2D eigenvalue weighted by atomic mass is 10.0. The van der Waals surface area contributed by atoms with E-state index in [1.54, 1.807) is 12.3 Å². The van der Waals surface area contributed by atoms with Gasteiger partial charge >= 0.3 is 0 Å². The van der Waals surface area contributed by atoms with Crippen LogP contribution in [0.25, 0.3) is 0 Å². The van der Waals surface area contributed by atoms with Gasteiger partial charge < -0.3 is 0 Å². The predicted molar refractivity (Wildman–Crippen MR) is 74.2 cm³/mol. The summed E-state index contributed by atoms with van der Waals surface area (Å²) in [5, 5.41) is 0. The average molecular weight is 276 g/mol. The maximum Gasteiger partial charge on any atom is 0.242 e. The number of hydrogen-bond acceptors (Lipinski definition) is 3. The van der Waals surface area contributed by atoms with E-state index < -0.39 is 10.0 Å². The minimum atomic E-state index is -3.50. The van der Waals surface area contributed by atoms with Gasteiger partial charge in [0.2, 0.25) is 10.0 Å². The van der Waals surface area contributed by atoms with Crippen molar-refractivity contribution in [2.75, 3.05) is 0 Å². The molecule has 0 atom stereocenters. The smallest absolute Gasteiger partial charge is 0.242 e. The molecule has 0 unspecified atom stereocenters. The number of nitrogens with zero attached hydrogens (tertiary/aromatic N) is 1. The lowest BCUT2D eigenvalue weighted by Crippen LogP contribution is -2.23. The van der Waals surface area contributed by atoms with Gasteiger partial charge in [0.1, 0.15) is 4.90 Å². The molecule has 5 heteroatoms. The Hall–Kier alpha value is -1.72. The van der Waals surface area contributed by atoms with E-state index in [0.29, 0.717) is 0 Å². The van der Waals surface area contributed by atoms with Crippen molar-refractivity contribution in [1.29, 1.82) is 0 Å². The molecule has 1 aromatic carbocycles. The molecule has 100 valence electrons. The highest BCUT2D eigenvalue weighted by Gasteiger charge is 2.14. The minimum Gasteiger partial charge on any atom is -0.263 e. The van der Waals surface area contributed by atoms with E-state index in [1.807, 2.05) is 32.0 Å². The summed E-state index contributed by atoms with van der Waals surface area (Å²) in [4.78, 5) is 4.00. The Morgan fingerprint density at radius 1 is 1.16 bits per heavy atom. The number of pyridine rings is 1. The molecule has 2 aromatic rings. The highest BCUT2D eigenvalue weighted by molar-refractivity contribution is 7.89. The Bertz CT molecular complexity index is 667. The van der Waals surface area contributed by atoms with Gasteiger partial charge in [0.05, 0.1) is 0 Å². The van der Waals surface area contributed by atoms with E-state index in [2.05, 4.69) is 9.71 Å². The Balaban J connectivity index is 2.17. The molecule has 0 amide bonds. The zero-order valence-corrected chi connectivity index (χ0v) is 11.7. The molecule has 1 heterocycles. The van der Waals surface area contributed by atoms with Gasteiger partial charge in [0.15, 0.2) is 0 Å². The summed E-state index contributed by atoms with van der Waals surface area (Å²) in [6.07, 6.45) is 2.88. The number of aromatic nitrogens is 1. The second-order valence-corrected chi connectivity index (χ2v) is 6.14. The number of nitrogens with one attached hydrogen (secondary N) is 1. The first-order valence-electron chi connectivity index (χ1n) is 5.95. The molecule has 0 aliphatic heterocycles. The maximum absolute atomic E-state index is 12.1. The third-order valence-corrected chi connectivity index (χ3v) is 4.50. The van der Waals surface area contributed by atoms with Gasteiger partial charge in [-0.1, -0.05) is 18.2 Å². The van der Waals surface area contributed by atoms with E-state index in [-0.39, 0.29) is 11.4 Å². The minimum absolute atomic E-state index is 0.181. The zero-order valence-electron chi connectivity index (χ0n) is 10.9. The maximum atomic E-state index is 12.1. The van der Waals surface area contributed by atoms with E-state index in [9.17, 15) is 8.42 Å². The summed E-state index contributed by atoms with van der Waals surface area (Å²) >= 11 is 0. The fourth-order valence-electron chi connectivity index (χ4n) is 1.77. The van der Waals surface area contributed by atoms with Crippen LogP contribution in [0, 0.1) is 13.8 Å². The average Bonchev–Trinajstić information content (AvgIpc) is 2.41. The van der Waals surface area contributed by atoms with Crippen molar-refractivity contribution >= 4 is 10.0 Å². The Labute approximate surface area is 113 Å². The number of benzene rings is 1. The van der Waals surface area contributed by atoms with E-state index in [4.69, 9.17) is 0 Å². The van der Waals surface area contributed by atoms with Crippen LogP contribution in [0.3, 0.4) is 0 Å². The van der Waals surface area contributed by atoms with Gasteiger partial charge in [-0.3, -0.25) is 4.98 Å². The second-order valence-electron chi connectivity index (χ2n) is 4.37. The van der Waals surface area contributed by atoms with Crippen LogP contribution in [-0.4, -0.2) is 13.4 Å². The van der Waals surface area contributed by atoms with Crippen LogP contribution in [0.2, 0.25) is 0 Å². The van der Waals surface area contributed by atoms with E-state index in [0.717, 1.165) is 16.7 Å². The highest BCUT2D eigenvalue weighted by Crippen LogP contribution is 2.13. The lowest BCUT2D eigenvalue weighted by Gasteiger charge is -2.10. The first kappa shape index (κ1) is 13.7. The van der Waals surface area contributed by atoms with Gasteiger partial charge in [-0.15, -0.1) is 0 Å². The summed E-state index contributed by atoms with van der Waals surface area (Å²) in [5.74, 6) is 0. The molecule has 1 aromatic heterocycles. The summed E-state index contributed by atoms with van der Waals surface area (Å²) in [6.45, 7) is 4.28. The Kier molecular flexibility index (Phi) is 3.97. The van der Waals surface area contributed by atoms with E-state index in [1.165, 1.54) is 12.3 Å². The first-order valence-corrected chi connectivity index (χ1v) is 7.44. The molecule has 0 radical (unpaired) electrons. The summed E-state index contributed by atoms with van der Waals surface area (Å²) in [5.41, 5.74) is 3.24. The van der Waals surface area contributed by atoms with Crippen LogP contribution >= 0.6 is 0 Å². The molecule has 0 saturated carbocycles. The molecule has 4 nitrogen and oxygen atoms in total. The fraction of sp³-hybridized carbons (Fsp3) is 0.214. The van der Waals surface area contributed by atoms with Crippen molar-refractivity contribution in [1.82, 2.24) is 9.71 Å². The van der Waals surface area contributed by atoms with Gasteiger partial charge in [0, 0.05) is 18.9 Å². The van der Waals surface area contributed by atoms with Gasteiger partial charge in [0.25, 0.3) is 0 Å². The standard InChI is InChI=1S/C14H16N2O2S/c1-11-5-3-6-13(12(11)2)9-16-19(17,18)14-7-4-8-15-10-14/h3-8,10,16H,9H2,1-2H3. The van der Waals surface area contributed by atoms with Gasteiger partial charge in [-0.05, 0) is 42.7 Å². The molecule has 0 spiro atoms. The van der Waals surface area contributed by atoms with Crippen LogP contribution in [0.5, 0.6) is 0 Å². The van der Waals surface area contributed by atoms with Crippen molar-refractivity contribution in [2.24, 2.45) is 0 Å². The molecule has 1 N–H and O–H groups in total. The monoisotopic (exact) mass is 276 g/mol. The zero-order chi connectivity index (χ0) is 13.9. The number of sulfonamides is 1. The molecule has 2 rings (SSSR count). The topological polar surface area (TPSA) is 59.1 Å². The van der Waals surface area contributed by atoms with Gasteiger partial charge in [-0.2, -0.15) is 0 Å². The van der Waals surface area contributed by atoms with Crippen LogP contribution in [0.15, 0.2) is 47.6 Å². The SMILES string of the molecule is Cc1cccc(CNS(=O)(=O)c2cccnc2)c1C. The predicted octanol–water partition coefficient (Wildman–Crippen LogP) is 2.18. The molecule has 0 saturated heterocycles. The van der Waals surface area contributed by atoms with Crippen LogP contribution < -0.4 is 4.72 Å². The van der Waals surface area contributed by atoms with Crippen molar-refractivity contribution in [3.63, 3.8) is 0 Å². The molecular formula is C14H16N2O2S. The van der Waals surface area contributed by atoms with Crippen molar-refractivity contribution in [2.45, 2.75) is 25.3 Å². The second kappa shape index (κ2) is 5.50. The van der Waals surface area contributed by atoms with Crippen LogP contribution in [0.1, 0.15) is 16.7 Å². The number of hydrogen-bond donors (Lipinski definition) is 1. The fourth-order valence-corrected chi connectivity index (χ4v) is 2.74. The van der Waals surface area contributed by atoms with Gasteiger partial charge in [-0.25, -0.2) is 13.1 Å². The molecular weight excluding hydrogens is 260 g/mol. The molecule has 19 heavy (non-hydrogen) atoms. The Morgan fingerprint density at radius 2 is 1.95 bits per heavy atom. The number of aryl methyl sites for hydroxylation is 1. The van der Waals surface area contributed by atoms with Crippen LogP contribution in [-0.2, 0) is 16.6 Å². The highest BCUT2D eigenvalue weighted by atomic mass is 32.2. The normalized spacial score (nSPS) is 11.5. The quantitative estimate of drug-likeness (QED) is 0.931. The molecule has 0 aliphatic rings. The summed E-state index contributed by atoms with van der Waals surface area (Å²) in [7, 11) is -3.50. The van der Waals surface area contributed by atoms with Crippen molar-refractivity contribution in [3.8, 4) is 0 Å². The number of rotatable bonds is 4. The third kappa shape index (κ3) is 3.19. The largest absolute Gasteiger partial charge is 0.263 e. The lowest BCUT2D eigenvalue weighted by molar-refractivity contribution is 0.580. The first-order chi connectivity index (χ1) is 9.00. The summed E-state index contributed by atoms with van der Waals surface area (Å²) < 4.78 is 26.7.